The molecule has 10 aromatic carbocycles. The molecule has 0 saturated carbocycles. The van der Waals surface area contributed by atoms with Gasteiger partial charge in [0.25, 0.3) is 0 Å². The van der Waals surface area contributed by atoms with Crippen LogP contribution in [0.1, 0.15) is 136 Å². The number of benzene rings is 10. The quantitative estimate of drug-likeness (QED) is 0.0259. The average molecular weight is 1400 g/mol. The number of para-hydroxylation sites is 1. The van der Waals surface area contributed by atoms with Crippen molar-refractivity contribution < 1.29 is 45.1 Å². The summed E-state index contributed by atoms with van der Waals surface area (Å²) in [6.45, 7) is 23.8. The van der Waals surface area contributed by atoms with E-state index in [9.17, 15) is 30.3 Å². The van der Waals surface area contributed by atoms with Crippen LogP contribution < -0.4 is 14.8 Å². The van der Waals surface area contributed by atoms with Crippen LogP contribution in [-0.2, 0) is 41.4 Å². The van der Waals surface area contributed by atoms with Crippen molar-refractivity contribution >= 4 is 7.81 Å². The van der Waals surface area contributed by atoms with Crippen LogP contribution in [0.15, 0.2) is 261 Å². The number of halogens is 6. The summed E-state index contributed by atoms with van der Waals surface area (Å²) in [6.07, 6.45) is 2.85. The topological polar surface area (TPSA) is 104 Å². The Hall–Kier alpha value is -10.5. The van der Waals surface area contributed by atoms with Gasteiger partial charge in [0.1, 0.15) is 41.9 Å². The van der Waals surface area contributed by atoms with Crippen molar-refractivity contribution in [1.29, 1.82) is 0 Å². The van der Waals surface area contributed by atoms with Gasteiger partial charge in [-0.1, -0.05) is 249 Å². The molecule has 0 aliphatic heterocycles. The summed E-state index contributed by atoms with van der Waals surface area (Å²) in [5.74, 6) is 9.16. The third kappa shape index (κ3) is 18.9. The molecule has 0 fully saturated rings. The molecule has 9 nitrogen and oxygen atoms in total. The first-order valence-electron chi connectivity index (χ1n) is 34.1. The van der Waals surface area contributed by atoms with E-state index in [1.165, 1.54) is 44.5 Å². The molecule has 0 aliphatic carbocycles. The minimum absolute atomic E-state index is 0.0342. The summed E-state index contributed by atoms with van der Waals surface area (Å²) >= 11 is 0. The third-order valence-corrected chi connectivity index (χ3v) is 17.8. The van der Waals surface area contributed by atoms with Crippen molar-refractivity contribution in [2.24, 2.45) is 0 Å². The molecule has 0 unspecified atom stereocenters. The number of hydrogen-bond donors (Lipinski definition) is 2. The van der Waals surface area contributed by atoms with Crippen molar-refractivity contribution in [2.75, 3.05) is 13.2 Å². The molecule has 0 atom stereocenters. The second-order valence-corrected chi connectivity index (χ2v) is 30.7. The van der Waals surface area contributed by atoms with Gasteiger partial charge in [-0.3, -0.25) is 4.57 Å². The molecule has 2 heterocycles. The van der Waals surface area contributed by atoms with Gasteiger partial charge >= 0.3 is 33.0 Å². The summed E-state index contributed by atoms with van der Waals surface area (Å²) in [5.41, 5.74) is 18.5. The van der Waals surface area contributed by atoms with E-state index in [2.05, 4.69) is 252 Å². The number of phenolic OH excluding ortho intramolecular Hbond substituents is 1. The number of imidazole rings is 1. The predicted octanol–water partition coefficient (Wildman–Crippen LogP) is 21.4. The van der Waals surface area contributed by atoms with Gasteiger partial charge in [-0.25, -0.2) is 9.67 Å². The Balaban J connectivity index is 0.00000142. The average Bonchev–Trinajstić information content (AvgIpc) is 0.789. The number of ether oxygens (including phenoxy) is 2. The van der Waals surface area contributed by atoms with E-state index in [0.717, 1.165) is 81.6 Å². The van der Waals surface area contributed by atoms with Crippen molar-refractivity contribution in [3.8, 4) is 68.7 Å². The molecule has 3 N–H and O–H groups in total. The number of quaternary nitrogens is 1. The summed E-state index contributed by atoms with van der Waals surface area (Å²) in [6, 6.07) is 89.3. The van der Waals surface area contributed by atoms with Crippen molar-refractivity contribution in [3.63, 3.8) is 0 Å². The molecule has 102 heavy (non-hydrogen) atoms. The maximum absolute atomic E-state index is 11.1. The first-order valence-corrected chi connectivity index (χ1v) is 36.1. The van der Waals surface area contributed by atoms with Crippen molar-refractivity contribution in [3.05, 3.63) is 328 Å². The molecule has 0 aliphatic rings. The van der Waals surface area contributed by atoms with Gasteiger partial charge in [0.15, 0.2) is 0 Å². The normalized spacial score (nSPS) is 12.7. The van der Waals surface area contributed by atoms with Gasteiger partial charge in [-0.05, 0) is 146 Å². The van der Waals surface area contributed by atoms with Crippen molar-refractivity contribution in [2.45, 2.75) is 110 Å². The first kappa shape index (κ1) is 72.7. The molecule has 0 amide bonds. The summed E-state index contributed by atoms with van der Waals surface area (Å²) in [4.78, 5) is 5.22. The zero-order valence-electron chi connectivity index (χ0n) is 58.9. The SMILES string of the molecule is CC(C)(C)c1ccc(C(c2ccc(OCCC[NH2+]Cc3ccc(OCc4cn(Cc5ccc(C#Cc6ccc(-n7c(-c8ccccc8O)nc(-c8ccccc8)c7-c7ccccc7)cc6)cc5)nn4)cc3)cc2)(c2ccc(C(C)(C)C)cc2)c2ccc(C(C)(C)C)cc2)cc1.F[P-](F)(F)(F)(F)F. The van der Waals surface area contributed by atoms with E-state index >= 15 is 0 Å². The van der Waals surface area contributed by atoms with Gasteiger partial charge in [0, 0.05) is 39.9 Å². The number of phenols is 1. The Kier molecular flexibility index (Phi) is 20.8. The summed E-state index contributed by atoms with van der Waals surface area (Å²) in [7, 11) is -10.7. The number of aromatic nitrogens is 5. The number of rotatable bonds is 20. The Morgan fingerprint density at radius 3 is 1.38 bits per heavy atom. The Bertz CT molecular complexity index is 4700. The fraction of sp³-hybridized carbons (Fsp3) is 0.221. The van der Waals surface area contributed by atoms with Crippen LogP contribution in [0.4, 0.5) is 25.2 Å². The summed E-state index contributed by atoms with van der Waals surface area (Å²) in [5, 5.41) is 22.2. The number of hydrogen-bond acceptors (Lipinski definition) is 6. The van der Waals surface area contributed by atoms with Gasteiger partial charge in [-0.2, -0.15) is 0 Å². The monoisotopic (exact) mass is 1390 g/mol. The maximum atomic E-state index is 11.1. The second kappa shape index (κ2) is 29.2. The van der Waals surface area contributed by atoms with E-state index in [1.54, 1.807) is 6.07 Å². The van der Waals surface area contributed by atoms with E-state index in [-0.39, 0.29) is 22.0 Å². The van der Waals surface area contributed by atoms with E-state index in [4.69, 9.17) is 14.5 Å². The molecule has 2 aromatic heterocycles. The fourth-order valence-electron chi connectivity index (χ4n) is 12.4. The number of aromatic hydroxyl groups is 1. The Morgan fingerprint density at radius 1 is 0.471 bits per heavy atom. The van der Waals surface area contributed by atoms with Crippen LogP contribution in [0.25, 0.3) is 39.6 Å². The molecule has 0 spiro atoms. The Morgan fingerprint density at radius 2 is 0.892 bits per heavy atom. The van der Waals surface area contributed by atoms with Crippen LogP contribution in [0.5, 0.6) is 17.2 Å². The van der Waals surface area contributed by atoms with E-state index < -0.39 is 13.2 Å². The van der Waals surface area contributed by atoms with Crippen LogP contribution in [0, 0.1) is 11.8 Å². The molecule has 524 valence electrons. The molecule has 0 saturated heterocycles. The Labute approximate surface area is 594 Å². The van der Waals surface area contributed by atoms with Gasteiger partial charge in [0.05, 0.1) is 48.3 Å². The van der Waals surface area contributed by atoms with Crippen LogP contribution in [0.2, 0.25) is 0 Å². The zero-order valence-corrected chi connectivity index (χ0v) is 59.8. The van der Waals surface area contributed by atoms with Crippen molar-refractivity contribution in [1.82, 2.24) is 24.5 Å². The number of nitrogens with two attached hydrogens (primary N) is 1. The van der Waals surface area contributed by atoms with Gasteiger partial charge in [-0.15, -0.1) is 5.10 Å². The van der Waals surface area contributed by atoms with Crippen LogP contribution in [-0.4, -0.2) is 42.8 Å². The van der Waals surface area contributed by atoms with E-state index in [1.807, 2.05) is 102 Å². The second-order valence-electron chi connectivity index (χ2n) is 28.7. The van der Waals surface area contributed by atoms with Gasteiger partial charge < -0.3 is 19.9 Å². The fourth-order valence-corrected chi connectivity index (χ4v) is 12.4. The predicted molar refractivity (Wildman–Crippen MR) is 399 cm³/mol. The molecule has 12 aromatic rings. The molecule has 12 rings (SSSR count). The van der Waals surface area contributed by atoms with Crippen LogP contribution in [0.3, 0.4) is 0 Å². The number of nitrogens with zero attached hydrogens (tertiary/aromatic N) is 5. The summed E-state index contributed by atoms with van der Waals surface area (Å²) < 4.78 is 75.7. The molecular weight excluding hydrogens is 1310 g/mol. The van der Waals surface area contributed by atoms with Gasteiger partial charge in [0.2, 0.25) is 0 Å². The van der Waals surface area contributed by atoms with Crippen LogP contribution >= 0.6 is 7.81 Å². The zero-order chi connectivity index (χ0) is 72.6. The molecule has 0 radical (unpaired) electrons. The first-order chi connectivity index (χ1) is 48.3. The standard InChI is InChI=1S/C86H84N6O3.F6P/c1-83(2,3)67-35-41-70(42-36-67)86(71-43-37-68(38-44-71)84(4,5)6,72-45-39-69(40-46-72)85(7,8)9)73-47-53-76(54-48-73)94-56-18-55-87-57-63-33-51-77(52-34-63)95-60-74-59-91(90-89-74)58-64-29-27-61(28-30-64)25-26-62-31-49-75(50-32-62)92-81(66-21-14-11-15-22-66)80(65-19-12-10-13-20-65)88-82(92)78-23-16-17-24-79(78)93;1-7(2,3,4,5)6/h10-17,19-24,27-54,59,87,93H,18,55-58,60H2,1-9H3;/q;-1/p+1. The van der Waals surface area contributed by atoms with E-state index in [0.29, 0.717) is 31.1 Å². The molecular formula is C86H85F6N6O3P. The minimum atomic E-state index is -10.7. The molecule has 16 heteroatoms. The molecule has 0 bridgehead atoms. The third-order valence-electron chi connectivity index (χ3n) is 17.8.